The highest BCUT2D eigenvalue weighted by atomic mass is 16.6. The molecule has 1 unspecified atom stereocenters. The van der Waals surface area contributed by atoms with Crippen molar-refractivity contribution in [3.63, 3.8) is 0 Å². The highest BCUT2D eigenvalue weighted by Gasteiger charge is 2.19. The zero-order valence-electron chi connectivity index (χ0n) is 41.3. The van der Waals surface area contributed by atoms with Crippen LogP contribution in [0.4, 0.5) is 0 Å². The maximum Gasteiger partial charge on any atom is 0.310 e. The molecule has 0 aliphatic carbocycles. The first-order chi connectivity index (χ1) is 31.0. The van der Waals surface area contributed by atoms with Crippen molar-refractivity contribution in [1.82, 2.24) is 0 Å². The van der Waals surface area contributed by atoms with Crippen LogP contribution in [0, 0.1) is 0 Å². The summed E-state index contributed by atoms with van der Waals surface area (Å²) in [7, 11) is 0. The van der Waals surface area contributed by atoms with Crippen LogP contribution in [-0.2, 0) is 28.6 Å². The van der Waals surface area contributed by atoms with Crippen molar-refractivity contribution >= 4 is 17.9 Å². The second kappa shape index (κ2) is 51.5. The smallest absolute Gasteiger partial charge is 0.310 e. The molecule has 0 aliphatic heterocycles. The number of carbonyl (C=O) groups excluding carboxylic acids is 3. The fourth-order valence-corrected chi connectivity index (χ4v) is 7.28. The largest absolute Gasteiger partial charge is 0.462 e. The summed E-state index contributed by atoms with van der Waals surface area (Å²) in [4.78, 5) is 37.9. The summed E-state index contributed by atoms with van der Waals surface area (Å²) in [5.74, 6) is -1.04. The van der Waals surface area contributed by atoms with Crippen molar-refractivity contribution in [3.05, 3.63) is 72.9 Å². The number of hydrogen-bond acceptors (Lipinski definition) is 6. The lowest BCUT2D eigenvalue weighted by molar-refractivity contribution is -0.166. The molecule has 0 radical (unpaired) electrons. The number of allylic oxidation sites excluding steroid dienone is 11. The second-order valence-corrected chi connectivity index (χ2v) is 17.4. The van der Waals surface area contributed by atoms with Crippen LogP contribution in [-0.4, -0.2) is 37.2 Å². The van der Waals surface area contributed by atoms with Crippen molar-refractivity contribution in [2.45, 2.75) is 258 Å². The van der Waals surface area contributed by atoms with Crippen LogP contribution in [0.2, 0.25) is 0 Å². The summed E-state index contributed by atoms with van der Waals surface area (Å²) >= 11 is 0. The summed E-state index contributed by atoms with van der Waals surface area (Å²) in [6.07, 6.45) is 64.8. The van der Waals surface area contributed by atoms with Gasteiger partial charge < -0.3 is 14.2 Å². The van der Waals surface area contributed by atoms with Crippen LogP contribution < -0.4 is 0 Å². The van der Waals surface area contributed by atoms with Gasteiger partial charge in [0.15, 0.2) is 6.10 Å². The Hall–Kier alpha value is -3.15. The molecule has 6 heteroatoms. The minimum absolute atomic E-state index is 0.0980. The molecule has 0 amide bonds. The topological polar surface area (TPSA) is 78.9 Å². The minimum Gasteiger partial charge on any atom is -0.462 e. The molecule has 0 saturated heterocycles. The molecule has 0 N–H and O–H groups in total. The standard InChI is InChI=1S/C57H98O6/c1-4-7-10-13-16-19-22-25-27-28-30-32-35-38-41-44-47-50-56(59)62-53-54(52-61-55(58)49-46-43-40-37-34-31-24-21-18-15-12-9-6-3)63-57(60)51-48-45-42-39-36-33-29-26-23-20-17-14-11-8-5-2/h8,11,17,20,25-27,29,36,39,45,48,54H,4-7,9-10,12-16,18-19,21-24,28,30-35,37-38,40-44,46-47,49-53H2,1-3H3/b11-8-,20-17-,27-25-,29-26-,39-36-,48-45-. The maximum atomic E-state index is 12.7. The molecule has 6 nitrogen and oxygen atoms in total. The van der Waals surface area contributed by atoms with E-state index in [1.54, 1.807) is 6.08 Å². The van der Waals surface area contributed by atoms with Gasteiger partial charge in [-0.25, -0.2) is 0 Å². The average molecular weight is 879 g/mol. The van der Waals surface area contributed by atoms with Gasteiger partial charge in [-0.2, -0.15) is 0 Å². The summed E-state index contributed by atoms with van der Waals surface area (Å²) in [5.41, 5.74) is 0. The van der Waals surface area contributed by atoms with E-state index in [0.29, 0.717) is 12.8 Å². The molecular weight excluding hydrogens is 781 g/mol. The molecule has 0 fully saturated rings. The fourth-order valence-electron chi connectivity index (χ4n) is 7.28. The quantitative estimate of drug-likeness (QED) is 0.0262. The van der Waals surface area contributed by atoms with E-state index in [0.717, 1.165) is 70.6 Å². The Morgan fingerprint density at radius 1 is 0.349 bits per heavy atom. The number of hydrogen-bond donors (Lipinski definition) is 0. The van der Waals surface area contributed by atoms with E-state index in [1.807, 2.05) is 6.08 Å². The minimum atomic E-state index is -0.829. The number of esters is 3. The molecule has 0 aliphatic rings. The molecule has 1 atom stereocenters. The first kappa shape index (κ1) is 59.9. The Kier molecular flexibility index (Phi) is 48.9. The van der Waals surface area contributed by atoms with Crippen LogP contribution in [0.25, 0.3) is 0 Å². The summed E-state index contributed by atoms with van der Waals surface area (Å²) in [5, 5.41) is 0. The van der Waals surface area contributed by atoms with E-state index < -0.39 is 12.1 Å². The maximum absolute atomic E-state index is 12.7. The Bertz CT molecular complexity index is 1190. The SMILES string of the molecule is CC/C=C\C/C=C\C/C=C\C/C=C\C/C=C\CC(=O)OC(COC(=O)CCCCCCCCC/C=C\CCCCCCCC)COC(=O)CCCCCCCCCCCCCCC. The zero-order valence-corrected chi connectivity index (χ0v) is 41.3. The highest BCUT2D eigenvalue weighted by Crippen LogP contribution is 2.15. The van der Waals surface area contributed by atoms with Gasteiger partial charge in [-0.3, -0.25) is 14.4 Å². The van der Waals surface area contributed by atoms with Gasteiger partial charge in [-0.05, 0) is 70.6 Å². The van der Waals surface area contributed by atoms with Crippen LogP contribution >= 0.6 is 0 Å². The van der Waals surface area contributed by atoms with Crippen molar-refractivity contribution in [2.24, 2.45) is 0 Å². The third-order valence-electron chi connectivity index (χ3n) is 11.2. The van der Waals surface area contributed by atoms with E-state index in [-0.39, 0.29) is 31.6 Å². The van der Waals surface area contributed by atoms with E-state index in [2.05, 4.69) is 81.5 Å². The number of ether oxygens (including phenoxy) is 3. The molecule has 0 rings (SSSR count). The van der Waals surface area contributed by atoms with Gasteiger partial charge >= 0.3 is 17.9 Å². The van der Waals surface area contributed by atoms with Gasteiger partial charge in [0.2, 0.25) is 0 Å². The first-order valence-electron chi connectivity index (χ1n) is 26.4. The molecular formula is C57H98O6. The number of carbonyl (C=O) groups is 3. The van der Waals surface area contributed by atoms with Crippen LogP contribution in [0.3, 0.4) is 0 Å². The molecule has 362 valence electrons. The van der Waals surface area contributed by atoms with E-state index in [9.17, 15) is 14.4 Å². The van der Waals surface area contributed by atoms with Crippen molar-refractivity contribution in [1.29, 1.82) is 0 Å². The van der Waals surface area contributed by atoms with Crippen molar-refractivity contribution < 1.29 is 28.6 Å². The lowest BCUT2D eigenvalue weighted by Gasteiger charge is -2.18. The van der Waals surface area contributed by atoms with E-state index >= 15 is 0 Å². The summed E-state index contributed by atoms with van der Waals surface area (Å²) < 4.78 is 16.7. The molecule has 0 heterocycles. The van der Waals surface area contributed by atoms with E-state index in [1.165, 1.54) is 141 Å². The van der Waals surface area contributed by atoms with Crippen LogP contribution in [0.5, 0.6) is 0 Å². The lowest BCUT2D eigenvalue weighted by Crippen LogP contribution is -2.30. The van der Waals surface area contributed by atoms with Gasteiger partial charge in [0, 0.05) is 12.8 Å². The third-order valence-corrected chi connectivity index (χ3v) is 11.2. The third kappa shape index (κ3) is 49.7. The zero-order chi connectivity index (χ0) is 45.8. The molecule has 0 aromatic rings. The van der Waals surface area contributed by atoms with Gasteiger partial charge in [0.1, 0.15) is 13.2 Å². The number of rotatable bonds is 47. The average Bonchev–Trinajstić information content (AvgIpc) is 3.28. The van der Waals surface area contributed by atoms with Gasteiger partial charge in [0.25, 0.3) is 0 Å². The molecule has 0 spiro atoms. The van der Waals surface area contributed by atoms with E-state index in [4.69, 9.17) is 14.2 Å². The molecule has 63 heavy (non-hydrogen) atoms. The first-order valence-corrected chi connectivity index (χ1v) is 26.4. The normalized spacial score (nSPS) is 12.6. The summed E-state index contributed by atoms with van der Waals surface area (Å²) in [6, 6.07) is 0. The Labute approximate surface area is 389 Å². The van der Waals surface area contributed by atoms with Gasteiger partial charge in [0.05, 0.1) is 6.42 Å². The Morgan fingerprint density at radius 2 is 0.667 bits per heavy atom. The molecule has 0 saturated carbocycles. The Morgan fingerprint density at radius 3 is 1.03 bits per heavy atom. The van der Waals surface area contributed by atoms with Crippen LogP contribution in [0.1, 0.15) is 252 Å². The predicted octanol–water partition coefficient (Wildman–Crippen LogP) is 17.4. The monoisotopic (exact) mass is 879 g/mol. The summed E-state index contributed by atoms with van der Waals surface area (Å²) in [6.45, 7) is 6.44. The van der Waals surface area contributed by atoms with Crippen molar-refractivity contribution in [2.75, 3.05) is 13.2 Å². The van der Waals surface area contributed by atoms with Gasteiger partial charge in [-0.1, -0.05) is 235 Å². The molecule has 0 aromatic carbocycles. The Balaban J connectivity index is 4.48. The predicted molar refractivity (Wildman–Crippen MR) is 270 cm³/mol. The van der Waals surface area contributed by atoms with Crippen molar-refractivity contribution in [3.8, 4) is 0 Å². The van der Waals surface area contributed by atoms with Gasteiger partial charge in [-0.15, -0.1) is 0 Å². The molecule has 0 bridgehead atoms. The lowest BCUT2D eigenvalue weighted by atomic mass is 10.0. The van der Waals surface area contributed by atoms with Crippen LogP contribution in [0.15, 0.2) is 72.9 Å². The highest BCUT2D eigenvalue weighted by molar-refractivity contribution is 5.72. The second-order valence-electron chi connectivity index (χ2n) is 17.4. The fraction of sp³-hybridized carbons (Fsp3) is 0.737. The number of unbranched alkanes of at least 4 members (excludes halogenated alkanes) is 25. The molecule has 0 aromatic heterocycles.